The number of fused-ring (bicyclic) bond motifs is 5. The molecule has 2 saturated heterocycles. The monoisotopic (exact) mass is 400 g/mol. The van der Waals surface area contributed by atoms with Crippen LogP contribution in [-0.4, -0.2) is 23.8 Å². The van der Waals surface area contributed by atoms with E-state index in [-0.39, 0.29) is 17.9 Å². The van der Waals surface area contributed by atoms with E-state index in [1.807, 2.05) is 36.5 Å². The van der Waals surface area contributed by atoms with Gasteiger partial charge in [0.15, 0.2) is 6.04 Å². The van der Waals surface area contributed by atoms with Crippen molar-refractivity contribution < 1.29 is 24.0 Å². The Morgan fingerprint density at radius 3 is 2.47 bits per heavy atom. The predicted molar refractivity (Wildman–Crippen MR) is 106 cm³/mol. The van der Waals surface area contributed by atoms with E-state index < -0.39 is 23.8 Å². The lowest BCUT2D eigenvalue weighted by Crippen LogP contribution is -3.10. The number of nitriles is 1. The van der Waals surface area contributed by atoms with Gasteiger partial charge in [0.05, 0.1) is 11.9 Å². The summed E-state index contributed by atoms with van der Waals surface area (Å²) in [5.41, 5.74) is 2.40. The van der Waals surface area contributed by atoms with E-state index in [1.165, 1.54) is 11.8 Å². The Morgan fingerprint density at radius 2 is 1.77 bits per heavy atom. The first-order valence-corrected chi connectivity index (χ1v) is 9.71. The summed E-state index contributed by atoms with van der Waals surface area (Å²) in [7, 11) is 0. The summed E-state index contributed by atoms with van der Waals surface area (Å²) in [6.45, 7) is 1.30. The van der Waals surface area contributed by atoms with E-state index in [2.05, 4.69) is 6.07 Å². The van der Waals surface area contributed by atoms with Crippen LogP contribution in [-0.2, 0) is 14.4 Å². The lowest BCUT2D eigenvalue weighted by Gasteiger charge is -2.28. The Morgan fingerprint density at radius 1 is 1.07 bits per heavy atom. The maximum Gasteiger partial charge on any atom is 0.308 e. The molecule has 0 saturated carbocycles. The third kappa shape index (κ3) is 2.51. The SMILES string of the molecule is CC(=O)Oc1ccc(N2C(=O)[C@@H]3[C@H](C2=O)[C@@H]2c4ccccc4C=C[NH+]2[C@@H]3C#N)cc1. The molecular weight excluding hydrogens is 382 g/mol. The lowest BCUT2D eigenvalue weighted by molar-refractivity contribution is -0.885. The number of carbonyl (C=O) groups excluding carboxylic acids is 3. The molecule has 2 amide bonds. The number of esters is 1. The summed E-state index contributed by atoms with van der Waals surface area (Å²) in [6, 6.07) is 15.4. The molecule has 0 aromatic heterocycles. The lowest BCUT2D eigenvalue weighted by atomic mass is 9.85. The van der Waals surface area contributed by atoms with Crippen molar-refractivity contribution in [3.05, 3.63) is 65.9 Å². The van der Waals surface area contributed by atoms with Gasteiger partial charge in [0, 0.05) is 12.5 Å². The maximum absolute atomic E-state index is 13.5. The highest BCUT2D eigenvalue weighted by molar-refractivity contribution is 6.22. The topological polar surface area (TPSA) is 91.9 Å². The fourth-order valence-electron chi connectivity index (χ4n) is 4.97. The molecule has 7 heteroatoms. The van der Waals surface area contributed by atoms with Crippen LogP contribution in [0.3, 0.4) is 0 Å². The molecule has 0 aliphatic carbocycles. The summed E-state index contributed by atoms with van der Waals surface area (Å²) in [5, 5.41) is 9.85. The number of benzene rings is 2. The van der Waals surface area contributed by atoms with Crippen LogP contribution < -0.4 is 14.5 Å². The van der Waals surface area contributed by atoms with Gasteiger partial charge in [-0.15, -0.1) is 0 Å². The van der Waals surface area contributed by atoms with Gasteiger partial charge in [-0.25, -0.2) is 4.90 Å². The molecule has 1 N–H and O–H groups in total. The van der Waals surface area contributed by atoms with Crippen LogP contribution in [0.1, 0.15) is 24.1 Å². The summed E-state index contributed by atoms with van der Waals surface area (Å²) >= 11 is 0. The Balaban J connectivity index is 1.54. The van der Waals surface area contributed by atoms with Gasteiger partial charge in [0.2, 0.25) is 11.8 Å². The quantitative estimate of drug-likeness (QED) is 0.465. The van der Waals surface area contributed by atoms with Crippen LogP contribution in [0.25, 0.3) is 6.08 Å². The number of rotatable bonds is 2. The Bertz CT molecular complexity index is 1150. The largest absolute Gasteiger partial charge is 0.427 e. The number of ether oxygens (including phenoxy) is 1. The van der Waals surface area contributed by atoms with Gasteiger partial charge in [0.25, 0.3) is 0 Å². The fraction of sp³-hybridized carbons (Fsp3) is 0.217. The van der Waals surface area contributed by atoms with E-state index in [0.29, 0.717) is 11.4 Å². The van der Waals surface area contributed by atoms with Crippen molar-refractivity contribution in [3.63, 3.8) is 0 Å². The van der Waals surface area contributed by atoms with Crippen LogP contribution in [0.15, 0.2) is 54.7 Å². The average Bonchev–Trinajstić information content (AvgIpc) is 3.21. The molecule has 2 aromatic carbocycles. The van der Waals surface area contributed by atoms with E-state index in [1.54, 1.807) is 24.3 Å². The number of hydrogen-bond donors (Lipinski definition) is 1. The van der Waals surface area contributed by atoms with Gasteiger partial charge in [0.1, 0.15) is 29.7 Å². The van der Waals surface area contributed by atoms with Crippen molar-refractivity contribution in [1.29, 1.82) is 5.26 Å². The number of nitrogens with one attached hydrogen (secondary N) is 1. The maximum atomic E-state index is 13.5. The fourth-order valence-corrected chi connectivity index (χ4v) is 4.97. The van der Waals surface area contributed by atoms with Crippen LogP contribution in [0.4, 0.5) is 5.69 Å². The van der Waals surface area contributed by atoms with Gasteiger partial charge in [-0.1, -0.05) is 24.3 Å². The van der Waals surface area contributed by atoms with Crippen LogP contribution >= 0.6 is 0 Å². The van der Waals surface area contributed by atoms with Crippen molar-refractivity contribution in [2.24, 2.45) is 11.8 Å². The summed E-state index contributed by atoms with van der Waals surface area (Å²) in [4.78, 5) is 39.9. The van der Waals surface area contributed by atoms with Crippen molar-refractivity contribution in [1.82, 2.24) is 0 Å². The molecule has 0 spiro atoms. The summed E-state index contributed by atoms with van der Waals surface area (Å²) in [6.07, 6.45) is 3.85. The number of carbonyl (C=O) groups is 3. The number of imide groups is 1. The molecule has 30 heavy (non-hydrogen) atoms. The van der Waals surface area contributed by atoms with Gasteiger partial charge >= 0.3 is 5.97 Å². The van der Waals surface area contributed by atoms with Crippen molar-refractivity contribution in [2.75, 3.05) is 4.90 Å². The molecule has 7 nitrogen and oxygen atoms in total. The molecule has 5 atom stereocenters. The normalized spacial score (nSPS) is 28.5. The molecule has 3 heterocycles. The second-order valence-electron chi connectivity index (χ2n) is 7.70. The van der Waals surface area contributed by atoms with E-state index >= 15 is 0 Å². The third-order valence-electron chi connectivity index (χ3n) is 6.12. The standard InChI is InChI=1S/C23H17N3O4/c1-13(27)30-16-8-6-15(7-9-16)26-22(28)19-18(12-24)25-11-10-14-4-2-3-5-17(14)21(25)20(19)23(26)29/h2-11,18-21H,1H3/p+1/t18-,19+,20+,21+/m1/s1. The highest BCUT2D eigenvalue weighted by Crippen LogP contribution is 2.44. The number of hydrogen-bond acceptors (Lipinski definition) is 5. The van der Waals surface area contributed by atoms with Gasteiger partial charge in [-0.05, 0) is 35.9 Å². The van der Waals surface area contributed by atoms with Crippen LogP contribution in [0.5, 0.6) is 5.75 Å². The predicted octanol–water partition coefficient (Wildman–Crippen LogP) is 1.23. The van der Waals surface area contributed by atoms with Gasteiger partial charge in [-0.3, -0.25) is 19.3 Å². The van der Waals surface area contributed by atoms with Crippen LogP contribution in [0.2, 0.25) is 0 Å². The second-order valence-corrected chi connectivity index (χ2v) is 7.70. The number of anilines is 1. The molecule has 0 radical (unpaired) electrons. The first kappa shape index (κ1) is 18.3. The molecule has 1 unspecified atom stereocenters. The van der Waals surface area contributed by atoms with Crippen molar-refractivity contribution in [3.8, 4) is 11.8 Å². The van der Waals surface area contributed by atoms with E-state index in [4.69, 9.17) is 4.74 Å². The van der Waals surface area contributed by atoms with Crippen molar-refractivity contribution >= 4 is 29.5 Å². The molecule has 148 valence electrons. The summed E-state index contributed by atoms with van der Waals surface area (Å²) in [5.74, 6) is -2.07. The zero-order valence-corrected chi connectivity index (χ0v) is 16.1. The molecule has 3 aliphatic rings. The number of nitrogens with zero attached hydrogens (tertiary/aromatic N) is 2. The van der Waals surface area contributed by atoms with Gasteiger partial charge in [-0.2, -0.15) is 5.26 Å². The Kier molecular flexibility index (Phi) is 4.05. The zero-order valence-electron chi connectivity index (χ0n) is 16.1. The highest BCUT2D eigenvalue weighted by Gasteiger charge is 2.66. The molecule has 3 aliphatic heterocycles. The van der Waals surface area contributed by atoms with E-state index in [0.717, 1.165) is 16.0 Å². The molecule has 2 fully saturated rings. The molecular formula is C23H18N3O4+. The third-order valence-corrected chi connectivity index (χ3v) is 6.12. The van der Waals surface area contributed by atoms with Crippen LogP contribution in [0, 0.1) is 23.2 Å². The Labute approximate surface area is 172 Å². The summed E-state index contributed by atoms with van der Waals surface area (Å²) < 4.78 is 5.02. The minimum Gasteiger partial charge on any atom is -0.427 e. The molecule has 0 bridgehead atoms. The number of quaternary nitrogens is 1. The van der Waals surface area contributed by atoms with E-state index in [9.17, 15) is 19.6 Å². The first-order chi connectivity index (χ1) is 14.5. The Hall–Kier alpha value is -3.76. The first-order valence-electron chi connectivity index (χ1n) is 9.71. The minimum atomic E-state index is -0.702. The second kappa shape index (κ2) is 6.65. The average molecular weight is 400 g/mol. The van der Waals surface area contributed by atoms with Crippen molar-refractivity contribution in [2.45, 2.75) is 19.0 Å². The van der Waals surface area contributed by atoms with Gasteiger partial charge < -0.3 is 4.74 Å². The zero-order chi connectivity index (χ0) is 21.0. The smallest absolute Gasteiger partial charge is 0.308 e. The molecule has 5 rings (SSSR count). The minimum absolute atomic E-state index is 0.275. The number of amides is 2. The highest BCUT2D eigenvalue weighted by atomic mass is 16.5. The molecule has 2 aromatic rings.